The van der Waals surface area contributed by atoms with E-state index in [1.165, 1.54) is 11.3 Å². The lowest BCUT2D eigenvalue weighted by atomic mass is 10.0. The monoisotopic (exact) mass is 284 g/mol. The van der Waals surface area contributed by atoms with Crippen molar-refractivity contribution in [3.8, 4) is 11.3 Å². The summed E-state index contributed by atoms with van der Waals surface area (Å²) in [4.78, 5) is 13.5. The van der Waals surface area contributed by atoms with Crippen molar-refractivity contribution in [1.29, 1.82) is 0 Å². The molecule has 3 N–H and O–H groups in total. The summed E-state index contributed by atoms with van der Waals surface area (Å²) in [7, 11) is 0. The number of hydrogen-bond donors (Lipinski definition) is 2. The second-order valence-electron chi connectivity index (χ2n) is 5.51. The number of carbonyl (C=O) groups is 1. The molecular formula is C16H20N4O. The third-order valence-electron chi connectivity index (χ3n) is 4.26. The summed E-state index contributed by atoms with van der Waals surface area (Å²) in [6.45, 7) is 3.53. The fourth-order valence-corrected chi connectivity index (χ4v) is 2.90. The fraction of sp³-hybridized carbons (Fsp3) is 0.375. The maximum Gasteiger partial charge on any atom is 0.234 e. The largest absolute Gasteiger partial charge is 0.368 e. The van der Waals surface area contributed by atoms with E-state index >= 15 is 0 Å². The highest BCUT2D eigenvalue weighted by Gasteiger charge is 2.24. The predicted octanol–water partition coefficient (Wildman–Crippen LogP) is 1.35. The molecule has 0 radical (unpaired) electrons. The zero-order chi connectivity index (χ0) is 14.8. The Labute approximate surface area is 124 Å². The molecule has 5 nitrogen and oxygen atoms in total. The highest BCUT2D eigenvalue weighted by molar-refractivity contribution is 5.79. The molecule has 2 heterocycles. The highest BCUT2D eigenvalue weighted by Crippen LogP contribution is 2.26. The van der Waals surface area contributed by atoms with E-state index in [2.05, 4.69) is 27.2 Å². The van der Waals surface area contributed by atoms with Crippen LogP contribution in [0.4, 0.5) is 0 Å². The van der Waals surface area contributed by atoms with E-state index in [-0.39, 0.29) is 11.9 Å². The van der Waals surface area contributed by atoms with Gasteiger partial charge in [0.25, 0.3) is 0 Å². The van der Waals surface area contributed by atoms with Crippen LogP contribution in [0.3, 0.4) is 0 Å². The minimum Gasteiger partial charge on any atom is -0.368 e. The van der Waals surface area contributed by atoms with E-state index in [1.54, 1.807) is 0 Å². The summed E-state index contributed by atoms with van der Waals surface area (Å²) in [5.41, 5.74) is 10.0. The second-order valence-corrected chi connectivity index (χ2v) is 5.51. The summed E-state index contributed by atoms with van der Waals surface area (Å²) < 4.78 is 0. The van der Waals surface area contributed by atoms with Crippen LogP contribution in [0, 0.1) is 0 Å². The summed E-state index contributed by atoms with van der Waals surface area (Å²) >= 11 is 0. The predicted molar refractivity (Wildman–Crippen MR) is 81.7 cm³/mol. The van der Waals surface area contributed by atoms with Crippen LogP contribution in [0.15, 0.2) is 30.3 Å². The van der Waals surface area contributed by atoms with Gasteiger partial charge in [-0.25, -0.2) is 0 Å². The van der Waals surface area contributed by atoms with Gasteiger partial charge in [0, 0.05) is 36.3 Å². The number of carbonyl (C=O) groups excluding carboxylic acids is 1. The lowest BCUT2D eigenvalue weighted by molar-refractivity contribution is -0.122. The number of nitrogens with two attached hydrogens (primary N) is 1. The van der Waals surface area contributed by atoms with Gasteiger partial charge in [0.1, 0.15) is 0 Å². The van der Waals surface area contributed by atoms with Crippen LogP contribution in [0.2, 0.25) is 0 Å². The normalized spacial score (nSPS) is 17.0. The molecule has 5 heteroatoms. The van der Waals surface area contributed by atoms with E-state index in [0.29, 0.717) is 0 Å². The molecule has 0 spiro atoms. The maximum absolute atomic E-state index is 11.4. The zero-order valence-electron chi connectivity index (χ0n) is 12.2. The van der Waals surface area contributed by atoms with E-state index < -0.39 is 0 Å². The summed E-state index contributed by atoms with van der Waals surface area (Å²) in [5, 5.41) is 7.64. The number of aromatic nitrogens is 2. The Morgan fingerprint density at radius 3 is 2.71 bits per heavy atom. The Morgan fingerprint density at radius 2 is 2.00 bits per heavy atom. The molecule has 0 fully saturated rings. The molecule has 2 aromatic rings. The van der Waals surface area contributed by atoms with Crippen molar-refractivity contribution in [2.45, 2.75) is 25.8 Å². The van der Waals surface area contributed by atoms with Crippen molar-refractivity contribution < 1.29 is 4.79 Å². The molecule has 1 unspecified atom stereocenters. The van der Waals surface area contributed by atoms with Gasteiger partial charge in [0.15, 0.2) is 0 Å². The second kappa shape index (κ2) is 5.69. The molecule has 1 aromatic carbocycles. The van der Waals surface area contributed by atoms with E-state index in [4.69, 9.17) is 5.73 Å². The smallest absolute Gasteiger partial charge is 0.234 e. The Morgan fingerprint density at radius 1 is 1.29 bits per heavy atom. The number of benzene rings is 1. The third-order valence-corrected chi connectivity index (χ3v) is 4.26. The van der Waals surface area contributed by atoms with Crippen LogP contribution in [0.25, 0.3) is 11.3 Å². The molecule has 110 valence electrons. The molecule has 0 saturated carbocycles. The maximum atomic E-state index is 11.4. The van der Waals surface area contributed by atoms with Gasteiger partial charge in [-0.1, -0.05) is 30.3 Å². The summed E-state index contributed by atoms with van der Waals surface area (Å²) in [6, 6.07) is 9.98. The molecule has 0 bridgehead atoms. The van der Waals surface area contributed by atoms with Crippen LogP contribution in [0.1, 0.15) is 18.2 Å². The van der Waals surface area contributed by atoms with Crippen molar-refractivity contribution in [2.24, 2.45) is 5.73 Å². The first-order valence-electron chi connectivity index (χ1n) is 7.31. The van der Waals surface area contributed by atoms with Gasteiger partial charge in [-0.3, -0.25) is 14.8 Å². The Bertz CT molecular complexity index is 635. The average Bonchev–Trinajstić information content (AvgIpc) is 2.79. The first-order valence-corrected chi connectivity index (χ1v) is 7.31. The van der Waals surface area contributed by atoms with Gasteiger partial charge in [-0.15, -0.1) is 0 Å². The van der Waals surface area contributed by atoms with Crippen molar-refractivity contribution >= 4 is 5.91 Å². The van der Waals surface area contributed by atoms with Crippen molar-refractivity contribution in [1.82, 2.24) is 15.1 Å². The number of amides is 1. The molecule has 1 atom stereocenters. The van der Waals surface area contributed by atoms with Gasteiger partial charge in [0.2, 0.25) is 5.91 Å². The number of fused-ring (bicyclic) bond motifs is 1. The number of nitrogens with zero attached hydrogens (tertiary/aromatic N) is 2. The van der Waals surface area contributed by atoms with Gasteiger partial charge < -0.3 is 5.73 Å². The number of nitrogens with one attached hydrogen (secondary N) is 1. The zero-order valence-corrected chi connectivity index (χ0v) is 12.2. The molecular weight excluding hydrogens is 264 g/mol. The van der Waals surface area contributed by atoms with Gasteiger partial charge in [0.05, 0.1) is 11.7 Å². The molecule has 0 saturated heterocycles. The average molecular weight is 284 g/mol. The van der Waals surface area contributed by atoms with Gasteiger partial charge in [-0.05, 0) is 13.3 Å². The van der Waals surface area contributed by atoms with E-state index in [0.717, 1.165) is 37.2 Å². The molecule has 3 rings (SSSR count). The number of rotatable bonds is 3. The first-order chi connectivity index (χ1) is 10.2. The van der Waals surface area contributed by atoms with Crippen LogP contribution in [-0.4, -0.2) is 40.1 Å². The molecule has 21 heavy (non-hydrogen) atoms. The van der Waals surface area contributed by atoms with E-state index in [9.17, 15) is 4.79 Å². The number of hydrogen-bond acceptors (Lipinski definition) is 3. The molecule has 0 aliphatic carbocycles. The third kappa shape index (κ3) is 2.69. The number of primary amides is 1. The lowest BCUT2D eigenvalue weighted by Crippen LogP contribution is -2.43. The molecule has 1 aliphatic rings. The first kappa shape index (κ1) is 13.8. The quantitative estimate of drug-likeness (QED) is 0.893. The van der Waals surface area contributed by atoms with Crippen LogP contribution in [0.5, 0.6) is 0 Å². The lowest BCUT2D eigenvalue weighted by Gasteiger charge is -2.24. The molecule has 1 amide bonds. The van der Waals surface area contributed by atoms with Gasteiger partial charge >= 0.3 is 0 Å². The van der Waals surface area contributed by atoms with Crippen molar-refractivity contribution in [3.05, 3.63) is 41.6 Å². The Kier molecular flexibility index (Phi) is 3.75. The Balaban J connectivity index is 1.85. The summed E-state index contributed by atoms with van der Waals surface area (Å²) in [5.74, 6) is -0.262. The van der Waals surface area contributed by atoms with E-state index in [1.807, 2.05) is 25.1 Å². The van der Waals surface area contributed by atoms with Crippen LogP contribution in [-0.2, 0) is 17.6 Å². The minimum atomic E-state index is -0.262. The van der Waals surface area contributed by atoms with Crippen molar-refractivity contribution in [3.63, 3.8) is 0 Å². The summed E-state index contributed by atoms with van der Waals surface area (Å²) in [6.07, 6.45) is 1.75. The molecule has 1 aliphatic heterocycles. The minimum absolute atomic E-state index is 0.220. The van der Waals surface area contributed by atoms with Crippen molar-refractivity contribution in [2.75, 3.05) is 13.1 Å². The topological polar surface area (TPSA) is 75.0 Å². The standard InChI is InChI=1S/C16H20N4O/c1-11(16(17)21)20-9-7-13-14(8-10-20)18-19-15(13)12-5-3-2-4-6-12/h2-6,11H,7-10H2,1H3,(H2,17,21)(H,18,19). The highest BCUT2D eigenvalue weighted by atomic mass is 16.1. The molecule has 1 aromatic heterocycles. The fourth-order valence-electron chi connectivity index (χ4n) is 2.90. The van der Waals surface area contributed by atoms with Crippen LogP contribution < -0.4 is 5.73 Å². The number of H-pyrrole nitrogens is 1. The number of aromatic amines is 1. The SMILES string of the molecule is CC(C(N)=O)N1CCc2[nH]nc(-c3ccccc3)c2CC1. The van der Waals surface area contributed by atoms with Gasteiger partial charge in [-0.2, -0.15) is 5.10 Å². The van der Waals surface area contributed by atoms with Crippen LogP contribution >= 0.6 is 0 Å². The Hall–Kier alpha value is -2.14.